The molecular weight excluding hydrogens is 325 g/mol. The molecule has 23 heavy (non-hydrogen) atoms. The molecule has 7 nitrogen and oxygen atoms in total. The Hall–Kier alpha value is -2.26. The van der Waals surface area contributed by atoms with Crippen molar-refractivity contribution < 1.29 is 22.7 Å². The highest BCUT2D eigenvalue weighted by molar-refractivity contribution is 7.89. The van der Waals surface area contributed by atoms with Gasteiger partial charge in [-0.15, -0.1) is 0 Å². The third kappa shape index (κ3) is 2.73. The maximum absolute atomic E-state index is 13.8. The van der Waals surface area contributed by atoms with Gasteiger partial charge in [-0.2, -0.15) is 9.40 Å². The van der Waals surface area contributed by atoms with E-state index in [0.29, 0.717) is 6.42 Å². The van der Waals surface area contributed by atoms with Crippen molar-refractivity contribution in [2.24, 2.45) is 0 Å². The number of halogens is 1. The second kappa shape index (κ2) is 5.74. The number of carboxylic acid groups (broad SMARTS) is 1. The molecule has 0 radical (unpaired) electrons. The number of hydrogen-bond acceptors (Lipinski definition) is 4. The van der Waals surface area contributed by atoms with Gasteiger partial charge in [0.25, 0.3) is 0 Å². The molecule has 122 valence electrons. The van der Waals surface area contributed by atoms with Gasteiger partial charge in [0.05, 0.1) is 12.4 Å². The Morgan fingerprint density at radius 3 is 2.78 bits per heavy atom. The summed E-state index contributed by atoms with van der Waals surface area (Å²) in [5.41, 5.74) is 0.116. The zero-order valence-electron chi connectivity index (χ0n) is 12.0. The Morgan fingerprint density at radius 2 is 2.09 bits per heavy atom. The lowest BCUT2D eigenvalue weighted by Gasteiger charge is -2.19. The molecule has 1 unspecified atom stereocenters. The van der Waals surface area contributed by atoms with Crippen LogP contribution in [0.2, 0.25) is 0 Å². The molecule has 1 aromatic carbocycles. The van der Waals surface area contributed by atoms with Crippen LogP contribution in [0.15, 0.2) is 41.6 Å². The van der Waals surface area contributed by atoms with Crippen LogP contribution in [0.25, 0.3) is 5.69 Å². The fraction of sp³-hybridized carbons (Fsp3) is 0.286. The van der Waals surface area contributed by atoms with E-state index < -0.39 is 27.9 Å². The molecule has 0 saturated carbocycles. The molecule has 1 aliphatic rings. The summed E-state index contributed by atoms with van der Waals surface area (Å²) in [5.74, 6) is -1.71. The highest BCUT2D eigenvalue weighted by Gasteiger charge is 2.40. The van der Waals surface area contributed by atoms with Gasteiger partial charge in [0, 0.05) is 6.54 Å². The zero-order chi connectivity index (χ0) is 16.6. The first-order valence-electron chi connectivity index (χ1n) is 6.95. The molecule has 1 N–H and O–H groups in total. The van der Waals surface area contributed by atoms with Crippen molar-refractivity contribution in [3.05, 3.63) is 42.5 Å². The average molecular weight is 339 g/mol. The van der Waals surface area contributed by atoms with E-state index in [1.54, 1.807) is 6.07 Å². The van der Waals surface area contributed by atoms with Crippen LogP contribution in [0, 0.1) is 5.82 Å². The third-order valence-electron chi connectivity index (χ3n) is 3.75. The SMILES string of the molecule is O=C(O)C1CCCN1S(=O)(=O)c1cnn(-c2ccccc2F)c1. The lowest BCUT2D eigenvalue weighted by atomic mass is 10.2. The van der Waals surface area contributed by atoms with Crippen LogP contribution in [0.4, 0.5) is 4.39 Å². The summed E-state index contributed by atoms with van der Waals surface area (Å²) in [6.07, 6.45) is 3.04. The van der Waals surface area contributed by atoms with E-state index in [2.05, 4.69) is 5.10 Å². The Labute approximate surface area is 132 Å². The van der Waals surface area contributed by atoms with Gasteiger partial charge in [-0.25, -0.2) is 17.5 Å². The van der Waals surface area contributed by atoms with Crippen LogP contribution in [0.5, 0.6) is 0 Å². The van der Waals surface area contributed by atoms with E-state index in [4.69, 9.17) is 5.11 Å². The minimum atomic E-state index is -3.99. The molecule has 0 amide bonds. The third-order valence-corrected chi connectivity index (χ3v) is 5.61. The number of nitrogens with zero attached hydrogens (tertiary/aromatic N) is 3. The number of hydrogen-bond donors (Lipinski definition) is 1. The molecule has 0 aliphatic carbocycles. The number of aliphatic carboxylic acids is 1. The first-order valence-corrected chi connectivity index (χ1v) is 8.39. The Morgan fingerprint density at radius 1 is 1.35 bits per heavy atom. The summed E-state index contributed by atoms with van der Waals surface area (Å²) in [7, 11) is -3.99. The maximum Gasteiger partial charge on any atom is 0.322 e. The fourth-order valence-corrected chi connectivity index (χ4v) is 4.20. The molecule has 1 aliphatic heterocycles. The highest BCUT2D eigenvalue weighted by Crippen LogP contribution is 2.26. The number of para-hydroxylation sites is 1. The fourth-order valence-electron chi connectivity index (χ4n) is 2.62. The second-order valence-corrected chi connectivity index (χ2v) is 7.07. The van der Waals surface area contributed by atoms with Crippen LogP contribution in [0.1, 0.15) is 12.8 Å². The van der Waals surface area contributed by atoms with Crippen LogP contribution >= 0.6 is 0 Å². The largest absolute Gasteiger partial charge is 0.480 e. The van der Waals surface area contributed by atoms with Gasteiger partial charge in [0.2, 0.25) is 10.0 Å². The summed E-state index contributed by atoms with van der Waals surface area (Å²) in [6, 6.07) is 4.76. The Bertz CT molecular complexity index is 849. The van der Waals surface area contributed by atoms with Crippen molar-refractivity contribution in [1.29, 1.82) is 0 Å². The van der Waals surface area contributed by atoms with E-state index in [1.165, 1.54) is 24.4 Å². The summed E-state index contributed by atoms with van der Waals surface area (Å²) >= 11 is 0. The van der Waals surface area contributed by atoms with Crippen molar-refractivity contribution >= 4 is 16.0 Å². The number of sulfonamides is 1. The van der Waals surface area contributed by atoms with Crippen molar-refractivity contribution in [1.82, 2.24) is 14.1 Å². The molecule has 9 heteroatoms. The van der Waals surface area contributed by atoms with E-state index in [9.17, 15) is 17.6 Å². The molecule has 0 bridgehead atoms. The molecule has 1 fully saturated rings. The lowest BCUT2D eigenvalue weighted by molar-refractivity contribution is -0.140. The number of aromatic nitrogens is 2. The topological polar surface area (TPSA) is 92.5 Å². The van der Waals surface area contributed by atoms with E-state index >= 15 is 0 Å². The lowest BCUT2D eigenvalue weighted by Crippen LogP contribution is -2.40. The van der Waals surface area contributed by atoms with Gasteiger partial charge >= 0.3 is 5.97 Å². The molecular formula is C14H14FN3O4S. The molecule has 0 spiro atoms. The van der Waals surface area contributed by atoms with Crippen molar-refractivity contribution in [3.63, 3.8) is 0 Å². The number of carboxylic acids is 1. The molecule has 3 rings (SSSR count). The maximum atomic E-state index is 13.8. The average Bonchev–Trinajstić information content (AvgIpc) is 3.17. The van der Waals surface area contributed by atoms with E-state index in [-0.39, 0.29) is 23.5 Å². The predicted molar refractivity (Wildman–Crippen MR) is 78.1 cm³/mol. The minimum Gasteiger partial charge on any atom is -0.480 e. The van der Waals surface area contributed by atoms with Crippen LogP contribution in [-0.2, 0) is 14.8 Å². The van der Waals surface area contributed by atoms with Crippen LogP contribution in [0.3, 0.4) is 0 Å². The van der Waals surface area contributed by atoms with Crippen molar-refractivity contribution in [2.75, 3.05) is 6.54 Å². The molecule has 2 heterocycles. The van der Waals surface area contributed by atoms with Crippen molar-refractivity contribution in [2.45, 2.75) is 23.8 Å². The van der Waals surface area contributed by atoms with Gasteiger partial charge in [0.1, 0.15) is 22.4 Å². The predicted octanol–water partition coefficient (Wildman–Crippen LogP) is 1.25. The normalized spacial score (nSPS) is 19.1. The molecule has 1 aromatic heterocycles. The van der Waals surface area contributed by atoms with Gasteiger partial charge < -0.3 is 5.11 Å². The summed E-state index contributed by atoms with van der Waals surface area (Å²) in [5, 5.41) is 13.0. The Kier molecular flexibility index (Phi) is 3.90. The first-order chi connectivity index (χ1) is 10.9. The quantitative estimate of drug-likeness (QED) is 0.905. The molecule has 2 aromatic rings. The van der Waals surface area contributed by atoms with Crippen LogP contribution in [-0.4, -0.2) is 46.2 Å². The summed E-state index contributed by atoms with van der Waals surface area (Å²) in [6.45, 7) is 0.143. The smallest absolute Gasteiger partial charge is 0.322 e. The molecule has 1 saturated heterocycles. The monoisotopic (exact) mass is 339 g/mol. The number of carbonyl (C=O) groups is 1. The summed E-state index contributed by atoms with van der Waals surface area (Å²) < 4.78 is 41.0. The van der Waals surface area contributed by atoms with E-state index in [0.717, 1.165) is 15.2 Å². The molecule has 1 atom stereocenters. The Balaban J connectivity index is 1.96. The van der Waals surface area contributed by atoms with E-state index in [1.807, 2.05) is 0 Å². The first kappa shape index (κ1) is 15.6. The number of rotatable bonds is 4. The minimum absolute atomic E-state index is 0.116. The van der Waals surface area contributed by atoms with Gasteiger partial charge in [-0.1, -0.05) is 12.1 Å². The zero-order valence-corrected chi connectivity index (χ0v) is 12.8. The standard InChI is InChI=1S/C14H14FN3O4S/c15-11-4-1-2-5-12(11)17-9-10(8-16-17)23(21,22)18-7-3-6-13(18)14(19)20/h1-2,4-5,8-9,13H,3,6-7H2,(H,19,20). The number of benzene rings is 1. The van der Waals surface area contributed by atoms with Crippen molar-refractivity contribution in [3.8, 4) is 5.69 Å². The highest BCUT2D eigenvalue weighted by atomic mass is 32.2. The second-order valence-electron chi connectivity index (χ2n) is 5.18. The van der Waals surface area contributed by atoms with Gasteiger partial charge in [0.15, 0.2) is 0 Å². The van der Waals surface area contributed by atoms with Gasteiger partial charge in [-0.3, -0.25) is 4.79 Å². The summed E-state index contributed by atoms with van der Waals surface area (Å²) in [4.78, 5) is 11.0. The van der Waals surface area contributed by atoms with Gasteiger partial charge in [-0.05, 0) is 25.0 Å². The van der Waals surface area contributed by atoms with Crippen LogP contribution < -0.4 is 0 Å².